The second-order valence-electron chi connectivity index (χ2n) is 5.02. The molecule has 1 aliphatic rings. The highest BCUT2D eigenvalue weighted by Gasteiger charge is 2.15. The number of hydrogen-bond donors (Lipinski definition) is 3. The van der Waals surface area contributed by atoms with Gasteiger partial charge in [0.15, 0.2) is 0 Å². The number of phenols is 1. The van der Waals surface area contributed by atoms with Crippen LogP contribution < -0.4 is 11.1 Å². The molecule has 0 aromatic heterocycles. The van der Waals surface area contributed by atoms with E-state index < -0.39 is 0 Å². The maximum Gasteiger partial charge on any atom is 0.124 e. The van der Waals surface area contributed by atoms with Gasteiger partial charge in [-0.3, -0.25) is 0 Å². The number of nitrogens with one attached hydrogen (secondary N) is 1. The second kappa shape index (κ2) is 5.70. The van der Waals surface area contributed by atoms with E-state index in [9.17, 15) is 5.11 Å². The van der Waals surface area contributed by atoms with Gasteiger partial charge in [-0.1, -0.05) is 0 Å². The Balaban J connectivity index is 2.46. The standard InChI is InChI=1S/C16H19N3O/c1-10(11(2)14-4-3-7-19-16(14)18)13-6-5-12(9-17)8-15(13)20/h5-6,8,19-20H,3-4,7,18H2,1-2H3/b11-10+. The zero-order chi connectivity index (χ0) is 14.7. The van der Waals surface area contributed by atoms with Crippen molar-refractivity contribution in [3.05, 3.63) is 46.3 Å². The smallest absolute Gasteiger partial charge is 0.124 e. The summed E-state index contributed by atoms with van der Waals surface area (Å²) in [4.78, 5) is 0. The topological polar surface area (TPSA) is 82.1 Å². The maximum absolute atomic E-state index is 10.1. The minimum atomic E-state index is 0.129. The van der Waals surface area contributed by atoms with Crippen molar-refractivity contribution < 1.29 is 5.11 Å². The van der Waals surface area contributed by atoms with E-state index in [1.807, 2.05) is 19.9 Å². The van der Waals surface area contributed by atoms with Crippen LogP contribution in [0, 0.1) is 11.3 Å². The van der Waals surface area contributed by atoms with E-state index in [1.165, 1.54) is 6.07 Å². The molecule has 20 heavy (non-hydrogen) atoms. The molecule has 2 rings (SSSR count). The Morgan fingerprint density at radius 3 is 2.70 bits per heavy atom. The Morgan fingerprint density at radius 1 is 1.35 bits per heavy atom. The lowest BCUT2D eigenvalue weighted by Gasteiger charge is -2.21. The molecule has 0 bridgehead atoms. The third kappa shape index (κ3) is 2.62. The van der Waals surface area contributed by atoms with Crippen molar-refractivity contribution in [1.29, 1.82) is 5.26 Å². The van der Waals surface area contributed by atoms with E-state index in [0.717, 1.165) is 47.5 Å². The van der Waals surface area contributed by atoms with Gasteiger partial charge in [-0.2, -0.15) is 5.26 Å². The van der Waals surface area contributed by atoms with Crippen molar-refractivity contribution in [3.8, 4) is 11.8 Å². The monoisotopic (exact) mass is 269 g/mol. The van der Waals surface area contributed by atoms with Crippen LogP contribution in [0.1, 0.15) is 37.8 Å². The van der Waals surface area contributed by atoms with E-state index in [-0.39, 0.29) is 5.75 Å². The quantitative estimate of drug-likeness (QED) is 0.770. The van der Waals surface area contributed by atoms with E-state index in [0.29, 0.717) is 5.56 Å². The largest absolute Gasteiger partial charge is 0.507 e. The molecule has 1 heterocycles. The highest BCUT2D eigenvalue weighted by Crippen LogP contribution is 2.32. The highest BCUT2D eigenvalue weighted by molar-refractivity contribution is 5.75. The molecule has 4 heteroatoms. The van der Waals surface area contributed by atoms with Crippen LogP contribution in [0.25, 0.3) is 5.57 Å². The predicted octanol–water partition coefficient (Wildman–Crippen LogP) is 2.61. The van der Waals surface area contributed by atoms with Crippen molar-refractivity contribution in [2.45, 2.75) is 26.7 Å². The number of rotatable bonds is 2. The second-order valence-corrected chi connectivity index (χ2v) is 5.02. The number of aromatic hydroxyl groups is 1. The molecule has 1 aromatic carbocycles. The van der Waals surface area contributed by atoms with Crippen molar-refractivity contribution in [1.82, 2.24) is 5.32 Å². The Bertz CT molecular complexity index is 636. The molecule has 1 aliphatic heterocycles. The van der Waals surface area contributed by atoms with Gasteiger partial charge in [-0.15, -0.1) is 0 Å². The van der Waals surface area contributed by atoms with Crippen molar-refractivity contribution in [3.63, 3.8) is 0 Å². The summed E-state index contributed by atoms with van der Waals surface area (Å²) in [6.45, 7) is 4.89. The number of allylic oxidation sites excluding steroid dienone is 3. The van der Waals surface area contributed by atoms with Crippen LogP contribution in [0.3, 0.4) is 0 Å². The number of hydrogen-bond acceptors (Lipinski definition) is 4. The van der Waals surface area contributed by atoms with Gasteiger partial charge >= 0.3 is 0 Å². The van der Waals surface area contributed by atoms with Gasteiger partial charge in [0.05, 0.1) is 17.5 Å². The lowest BCUT2D eigenvalue weighted by atomic mass is 9.92. The molecule has 104 valence electrons. The third-order valence-electron chi connectivity index (χ3n) is 3.79. The fourth-order valence-electron chi connectivity index (χ4n) is 2.47. The molecule has 4 nitrogen and oxygen atoms in total. The number of nitrogens with zero attached hydrogens (tertiary/aromatic N) is 1. The summed E-state index contributed by atoms with van der Waals surface area (Å²) < 4.78 is 0. The number of nitrogens with two attached hydrogens (primary N) is 1. The SMILES string of the molecule is C/C(C1=C(N)NCCC1)=C(/C)c1ccc(C#N)cc1O. The maximum atomic E-state index is 10.1. The molecule has 0 aliphatic carbocycles. The van der Waals surface area contributed by atoms with Crippen molar-refractivity contribution in [2.24, 2.45) is 5.73 Å². The van der Waals surface area contributed by atoms with E-state index in [2.05, 4.69) is 5.32 Å². The molecule has 1 aromatic rings. The van der Waals surface area contributed by atoms with Crippen LogP contribution in [0.2, 0.25) is 0 Å². The van der Waals surface area contributed by atoms with Gasteiger partial charge in [0, 0.05) is 12.1 Å². The van der Waals surface area contributed by atoms with E-state index in [4.69, 9.17) is 11.0 Å². The summed E-state index contributed by atoms with van der Waals surface area (Å²) in [6.07, 6.45) is 2.00. The van der Waals surface area contributed by atoms with Crippen molar-refractivity contribution in [2.75, 3.05) is 6.54 Å². The molecule has 0 amide bonds. The lowest BCUT2D eigenvalue weighted by Crippen LogP contribution is -2.27. The molecule has 0 saturated heterocycles. The van der Waals surface area contributed by atoms with Gasteiger partial charge in [0.25, 0.3) is 0 Å². The van der Waals surface area contributed by atoms with Crippen LogP contribution in [-0.2, 0) is 0 Å². The Kier molecular flexibility index (Phi) is 3.99. The summed E-state index contributed by atoms with van der Waals surface area (Å²) in [7, 11) is 0. The van der Waals surface area contributed by atoms with Gasteiger partial charge < -0.3 is 16.2 Å². The molecule has 0 saturated carbocycles. The van der Waals surface area contributed by atoms with Crippen molar-refractivity contribution >= 4 is 5.57 Å². The highest BCUT2D eigenvalue weighted by atomic mass is 16.3. The molecule has 0 radical (unpaired) electrons. The Morgan fingerprint density at radius 2 is 2.10 bits per heavy atom. The predicted molar refractivity (Wildman–Crippen MR) is 79.5 cm³/mol. The Labute approximate surface area is 119 Å². The summed E-state index contributed by atoms with van der Waals surface area (Å²) in [5.74, 6) is 0.852. The third-order valence-corrected chi connectivity index (χ3v) is 3.79. The molecule has 0 spiro atoms. The number of nitriles is 1. The minimum Gasteiger partial charge on any atom is -0.507 e. The first-order valence-electron chi connectivity index (χ1n) is 6.68. The molecule has 4 N–H and O–H groups in total. The molecule has 0 atom stereocenters. The van der Waals surface area contributed by atoms with Crippen LogP contribution in [0.4, 0.5) is 0 Å². The first-order chi connectivity index (χ1) is 9.54. The van der Waals surface area contributed by atoms with Crippen LogP contribution in [0.15, 0.2) is 35.2 Å². The van der Waals surface area contributed by atoms with Crippen LogP contribution in [-0.4, -0.2) is 11.7 Å². The van der Waals surface area contributed by atoms with E-state index >= 15 is 0 Å². The van der Waals surface area contributed by atoms with Crippen LogP contribution in [0.5, 0.6) is 5.75 Å². The first-order valence-corrected chi connectivity index (χ1v) is 6.68. The van der Waals surface area contributed by atoms with Gasteiger partial charge in [-0.05, 0) is 61.6 Å². The fourth-order valence-corrected chi connectivity index (χ4v) is 2.47. The number of benzene rings is 1. The summed E-state index contributed by atoms with van der Waals surface area (Å²) >= 11 is 0. The molecular weight excluding hydrogens is 250 g/mol. The lowest BCUT2D eigenvalue weighted by molar-refractivity contribution is 0.473. The number of phenolic OH excluding ortho intramolecular Hbond substituents is 1. The fraction of sp³-hybridized carbons (Fsp3) is 0.312. The zero-order valence-corrected chi connectivity index (χ0v) is 11.8. The van der Waals surface area contributed by atoms with Gasteiger partial charge in [0.1, 0.15) is 5.75 Å². The van der Waals surface area contributed by atoms with Crippen LogP contribution >= 0.6 is 0 Å². The summed E-state index contributed by atoms with van der Waals surface area (Å²) in [5, 5.41) is 22.1. The molecule has 0 fully saturated rings. The molecule has 0 unspecified atom stereocenters. The van der Waals surface area contributed by atoms with Gasteiger partial charge in [-0.25, -0.2) is 0 Å². The summed E-state index contributed by atoms with van der Waals surface area (Å²) in [5.41, 5.74) is 10.4. The Hall–Kier alpha value is -2.41. The molecular formula is C16H19N3O. The minimum absolute atomic E-state index is 0.129. The average molecular weight is 269 g/mol. The zero-order valence-electron chi connectivity index (χ0n) is 11.8. The first kappa shape index (κ1) is 14.0. The summed E-state index contributed by atoms with van der Waals surface area (Å²) in [6, 6.07) is 7.00. The normalized spacial score (nSPS) is 16.2. The van der Waals surface area contributed by atoms with Gasteiger partial charge in [0.2, 0.25) is 0 Å². The average Bonchev–Trinajstić information content (AvgIpc) is 2.46. The van der Waals surface area contributed by atoms with E-state index in [1.54, 1.807) is 12.1 Å².